The van der Waals surface area contributed by atoms with Crippen molar-refractivity contribution in [3.05, 3.63) is 84.0 Å². The Morgan fingerprint density at radius 3 is 2.52 bits per heavy atom. The van der Waals surface area contributed by atoms with E-state index in [9.17, 15) is 0 Å². The van der Waals surface area contributed by atoms with Gasteiger partial charge in [-0.25, -0.2) is 0 Å². The summed E-state index contributed by atoms with van der Waals surface area (Å²) in [6.45, 7) is 14.6. The fourth-order valence-corrected chi connectivity index (χ4v) is 3.42. The molecule has 1 heteroatoms. The number of fused-ring (bicyclic) bond motifs is 3. The molecular weight excluding hydrogens is 302 g/mol. The van der Waals surface area contributed by atoms with E-state index in [0.29, 0.717) is 5.92 Å². The molecule has 0 saturated carbocycles. The molecule has 0 bridgehead atoms. The SMILES string of the molecule is C=C(C)/C=C\C(=C)C(C)Cc1ccc(CC)c2[nH]c3ccccc3c12. The van der Waals surface area contributed by atoms with Gasteiger partial charge in [0, 0.05) is 21.8 Å². The third-order valence-corrected chi connectivity index (χ3v) is 4.96. The van der Waals surface area contributed by atoms with Crippen LogP contribution >= 0.6 is 0 Å². The van der Waals surface area contributed by atoms with E-state index >= 15 is 0 Å². The zero-order valence-corrected chi connectivity index (χ0v) is 15.5. The molecule has 0 aliphatic heterocycles. The molecule has 1 heterocycles. The van der Waals surface area contributed by atoms with Gasteiger partial charge in [0.1, 0.15) is 0 Å². The molecule has 0 fully saturated rings. The summed E-state index contributed by atoms with van der Waals surface area (Å²) < 4.78 is 0. The number of nitrogens with one attached hydrogen (secondary N) is 1. The lowest BCUT2D eigenvalue weighted by atomic mass is 9.90. The third-order valence-electron chi connectivity index (χ3n) is 4.96. The molecule has 1 atom stereocenters. The van der Waals surface area contributed by atoms with E-state index in [2.05, 4.69) is 74.5 Å². The number of hydrogen-bond donors (Lipinski definition) is 1. The van der Waals surface area contributed by atoms with Crippen molar-refractivity contribution in [2.24, 2.45) is 5.92 Å². The highest BCUT2D eigenvalue weighted by atomic mass is 14.7. The van der Waals surface area contributed by atoms with Crippen LogP contribution in [0, 0.1) is 5.92 Å². The van der Waals surface area contributed by atoms with Crippen LogP contribution in [0.25, 0.3) is 21.8 Å². The van der Waals surface area contributed by atoms with Crippen molar-refractivity contribution in [1.29, 1.82) is 0 Å². The fourth-order valence-electron chi connectivity index (χ4n) is 3.42. The molecule has 25 heavy (non-hydrogen) atoms. The van der Waals surface area contributed by atoms with Crippen molar-refractivity contribution in [2.45, 2.75) is 33.6 Å². The molecule has 1 nitrogen and oxygen atoms in total. The van der Waals surface area contributed by atoms with Gasteiger partial charge in [-0.1, -0.05) is 80.6 Å². The maximum atomic E-state index is 4.25. The van der Waals surface area contributed by atoms with Gasteiger partial charge in [0.25, 0.3) is 0 Å². The van der Waals surface area contributed by atoms with Gasteiger partial charge >= 0.3 is 0 Å². The molecule has 3 rings (SSSR count). The van der Waals surface area contributed by atoms with Gasteiger partial charge in [-0.3, -0.25) is 0 Å². The number of aromatic nitrogens is 1. The summed E-state index contributed by atoms with van der Waals surface area (Å²) in [7, 11) is 0. The summed E-state index contributed by atoms with van der Waals surface area (Å²) in [4.78, 5) is 3.63. The van der Waals surface area contributed by atoms with Gasteiger partial charge in [0.2, 0.25) is 0 Å². The maximum absolute atomic E-state index is 4.25. The summed E-state index contributed by atoms with van der Waals surface area (Å²) in [6, 6.07) is 13.2. The highest BCUT2D eigenvalue weighted by Gasteiger charge is 2.14. The lowest BCUT2D eigenvalue weighted by molar-refractivity contribution is 0.699. The topological polar surface area (TPSA) is 15.8 Å². The number of H-pyrrole nitrogens is 1. The second-order valence-electron chi connectivity index (χ2n) is 7.02. The van der Waals surface area contributed by atoms with Crippen LogP contribution in [0.3, 0.4) is 0 Å². The second-order valence-corrected chi connectivity index (χ2v) is 7.02. The Labute approximate surface area is 150 Å². The third kappa shape index (κ3) is 3.46. The quantitative estimate of drug-likeness (QED) is 0.481. The van der Waals surface area contributed by atoms with E-state index in [1.165, 1.54) is 32.9 Å². The standard InChI is InChI=1S/C24H27N/c1-6-19-13-14-20(15-18(5)17(4)12-11-16(2)3)23-21-9-7-8-10-22(21)25-24(19)23/h7-14,18,25H,2,4,6,15H2,1,3,5H3/b12-11-. The summed E-state index contributed by atoms with van der Waals surface area (Å²) in [5, 5.41) is 2.69. The Kier molecular flexibility index (Phi) is 4.94. The monoisotopic (exact) mass is 329 g/mol. The van der Waals surface area contributed by atoms with Gasteiger partial charge in [-0.05, 0) is 42.9 Å². The largest absolute Gasteiger partial charge is 0.354 e. The van der Waals surface area contributed by atoms with Gasteiger partial charge in [0.05, 0.1) is 0 Å². The smallest absolute Gasteiger partial charge is 0.0500 e. The zero-order chi connectivity index (χ0) is 18.0. The van der Waals surface area contributed by atoms with E-state index in [1.54, 1.807) is 0 Å². The lowest BCUT2D eigenvalue weighted by Crippen LogP contribution is -2.02. The first-order valence-corrected chi connectivity index (χ1v) is 9.04. The predicted molar refractivity (Wildman–Crippen MR) is 111 cm³/mol. The Bertz CT molecular complexity index is 968. The average Bonchev–Trinajstić information content (AvgIpc) is 2.99. The number of allylic oxidation sites excluding steroid dienone is 4. The fraction of sp³-hybridized carbons (Fsp3) is 0.250. The van der Waals surface area contributed by atoms with Crippen molar-refractivity contribution < 1.29 is 0 Å². The van der Waals surface area contributed by atoms with E-state index in [4.69, 9.17) is 0 Å². The summed E-state index contributed by atoms with van der Waals surface area (Å²) in [5.41, 5.74) is 7.48. The van der Waals surface area contributed by atoms with Crippen LogP contribution in [0.4, 0.5) is 0 Å². The van der Waals surface area contributed by atoms with E-state index in [1.807, 2.05) is 13.0 Å². The minimum absolute atomic E-state index is 0.389. The zero-order valence-electron chi connectivity index (χ0n) is 15.5. The normalized spacial score (nSPS) is 12.9. The molecule has 1 unspecified atom stereocenters. The summed E-state index contributed by atoms with van der Waals surface area (Å²) in [6.07, 6.45) is 6.16. The molecule has 2 aromatic carbocycles. The average molecular weight is 329 g/mol. The van der Waals surface area contributed by atoms with Crippen molar-refractivity contribution in [3.8, 4) is 0 Å². The number of para-hydroxylation sites is 1. The minimum Gasteiger partial charge on any atom is -0.354 e. The number of aryl methyl sites for hydroxylation is 1. The van der Waals surface area contributed by atoms with Crippen molar-refractivity contribution in [3.63, 3.8) is 0 Å². The van der Waals surface area contributed by atoms with E-state index in [0.717, 1.165) is 24.0 Å². The van der Waals surface area contributed by atoms with E-state index in [-0.39, 0.29) is 0 Å². The summed E-state index contributed by atoms with van der Waals surface area (Å²) >= 11 is 0. The molecule has 1 aromatic heterocycles. The Balaban J connectivity index is 2.04. The molecule has 3 aromatic rings. The van der Waals surface area contributed by atoms with Crippen LogP contribution in [-0.2, 0) is 12.8 Å². The molecule has 0 spiro atoms. The maximum Gasteiger partial charge on any atom is 0.0500 e. The first-order chi connectivity index (χ1) is 12.0. The van der Waals surface area contributed by atoms with Crippen molar-refractivity contribution in [2.75, 3.05) is 0 Å². The molecular formula is C24H27N. The highest BCUT2D eigenvalue weighted by Crippen LogP contribution is 2.33. The first kappa shape index (κ1) is 17.3. The second kappa shape index (κ2) is 7.14. The van der Waals surface area contributed by atoms with Crippen molar-refractivity contribution in [1.82, 2.24) is 4.98 Å². The van der Waals surface area contributed by atoms with Crippen LogP contribution in [0.5, 0.6) is 0 Å². The number of rotatable bonds is 6. The van der Waals surface area contributed by atoms with Gasteiger partial charge in [0.15, 0.2) is 0 Å². The van der Waals surface area contributed by atoms with Crippen molar-refractivity contribution >= 4 is 21.8 Å². The highest BCUT2D eigenvalue weighted by molar-refractivity contribution is 6.10. The van der Waals surface area contributed by atoms with Gasteiger partial charge < -0.3 is 4.98 Å². The predicted octanol–water partition coefficient (Wildman–Crippen LogP) is 6.75. The molecule has 0 amide bonds. The van der Waals surface area contributed by atoms with Crippen LogP contribution in [-0.4, -0.2) is 4.98 Å². The van der Waals surface area contributed by atoms with Gasteiger partial charge in [-0.15, -0.1) is 0 Å². The van der Waals surface area contributed by atoms with E-state index < -0.39 is 0 Å². The molecule has 0 aliphatic carbocycles. The Morgan fingerprint density at radius 2 is 1.80 bits per heavy atom. The Hall–Kier alpha value is -2.54. The number of hydrogen-bond acceptors (Lipinski definition) is 0. The van der Waals surface area contributed by atoms with Crippen LogP contribution in [0.15, 0.2) is 72.9 Å². The lowest BCUT2D eigenvalue weighted by Gasteiger charge is -2.14. The minimum atomic E-state index is 0.389. The molecule has 0 aliphatic rings. The van der Waals surface area contributed by atoms with Crippen LogP contribution in [0.1, 0.15) is 31.9 Å². The van der Waals surface area contributed by atoms with Gasteiger partial charge in [-0.2, -0.15) is 0 Å². The summed E-state index contributed by atoms with van der Waals surface area (Å²) in [5.74, 6) is 0.389. The van der Waals surface area contributed by atoms with Crippen LogP contribution < -0.4 is 0 Å². The Morgan fingerprint density at radius 1 is 1.08 bits per heavy atom. The number of benzene rings is 2. The molecule has 128 valence electrons. The number of aromatic amines is 1. The molecule has 1 N–H and O–H groups in total. The first-order valence-electron chi connectivity index (χ1n) is 9.04. The van der Waals surface area contributed by atoms with Crippen LogP contribution in [0.2, 0.25) is 0 Å². The molecule has 0 saturated heterocycles. The molecule has 0 radical (unpaired) electrons.